The lowest BCUT2D eigenvalue weighted by Crippen LogP contribution is -2.47. The number of hydrogen-bond donors (Lipinski definition) is 2. The summed E-state index contributed by atoms with van der Waals surface area (Å²) in [7, 11) is 1.70. The maximum Gasteiger partial charge on any atom is 0.253 e. The molecule has 2 N–H and O–H groups in total. The molecule has 9 nitrogen and oxygen atoms in total. The van der Waals surface area contributed by atoms with Crippen LogP contribution in [0.4, 0.5) is 17.1 Å². The number of amides is 2. The van der Waals surface area contributed by atoms with Crippen LogP contribution in [-0.2, 0) is 9.53 Å². The van der Waals surface area contributed by atoms with Gasteiger partial charge >= 0.3 is 0 Å². The molecule has 0 saturated carbocycles. The molecule has 0 radical (unpaired) electrons. The molecule has 0 spiro atoms. The lowest BCUT2D eigenvalue weighted by Gasteiger charge is -2.38. The number of ether oxygens (including phenoxy) is 2. The number of unbranched alkanes of at least 4 members (excludes halogenated alkanes) is 8. The number of nitrogens with one attached hydrogen (secondary N) is 2. The summed E-state index contributed by atoms with van der Waals surface area (Å²) in [5.41, 5.74) is 3.26. The minimum Gasteiger partial charge on any atom is -0.495 e. The van der Waals surface area contributed by atoms with Crippen LogP contribution in [0.3, 0.4) is 0 Å². The fourth-order valence-electron chi connectivity index (χ4n) is 6.22. The van der Waals surface area contributed by atoms with E-state index in [2.05, 4.69) is 38.3 Å². The molecule has 2 heterocycles. The molecular formula is C36H55N5O4. The average Bonchev–Trinajstić information content (AvgIpc) is 3.08. The molecule has 248 valence electrons. The van der Waals surface area contributed by atoms with Crippen molar-refractivity contribution in [1.29, 1.82) is 0 Å². The summed E-state index contributed by atoms with van der Waals surface area (Å²) in [6.45, 7) is 10.0. The second-order valence-corrected chi connectivity index (χ2v) is 12.2. The third kappa shape index (κ3) is 11.2. The fourth-order valence-corrected chi connectivity index (χ4v) is 6.22. The highest BCUT2D eigenvalue weighted by molar-refractivity contribution is 6.02. The molecule has 2 aromatic carbocycles. The number of methoxy groups -OCH3 is 1. The highest BCUT2D eigenvalue weighted by Gasteiger charge is 2.24. The molecule has 0 aromatic heterocycles. The van der Waals surface area contributed by atoms with Crippen LogP contribution < -0.4 is 25.2 Å². The molecule has 9 heteroatoms. The van der Waals surface area contributed by atoms with Crippen molar-refractivity contribution in [2.24, 2.45) is 0 Å². The second kappa shape index (κ2) is 19.3. The van der Waals surface area contributed by atoms with Crippen LogP contribution in [0.5, 0.6) is 5.75 Å². The summed E-state index contributed by atoms with van der Waals surface area (Å²) >= 11 is 0. The molecule has 2 amide bonds. The van der Waals surface area contributed by atoms with Gasteiger partial charge in [-0.3, -0.25) is 14.5 Å². The zero-order valence-electron chi connectivity index (χ0n) is 27.7. The van der Waals surface area contributed by atoms with Gasteiger partial charge in [0, 0.05) is 70.2 Å². The van der Waals surface area contributed by atoms with Gasteiger partial charge in [0.25, 0.3) is 5.91 Å². The zero-order valence-corrected chi connectivity index (χ0v) is 27.7. The van der Waals surface area contributed by atoms with Gasteiger partial charge in [-0.1, -0.05) is 70.4 Å². The first-order chi connectivity index (χ1) is 22.1. The van der Waals surface area contributed by atoms with Crippen LogP contribution in [0.1, 0.15) is 81.5 Å². The topological polar surface area (TPSA) is 86.4 Å². The van der Waals surface area contributed by atoms with E-state index in [1.54, 1.807) is 7.11 Å². The molecular weight excluding hydrogens is 566 g/mol. The van der Waals surface area contributed by atoms with Crippen molar-refractivity contribution in [2.75, 3.05) is 87.8 Å². The number of hydrogen-bond acceptors (Lipinski definition) is 7. The molecule has 45 heavy (non-hydrogen) atoms. The van der Waals surface area contributed by atoms with E-state index in [1.807, 2.05) is 36.4 Å². The predicted octanol–water partition coefficient (Wildman–Crippen LogP) is 5.94. The van der Waals surface area contributed by atoms with E-state index in [4.69, 9.17) is 9.47 Å². The highest BCUT2D eigenvalue weighted by Crippen LogP contribution is 2.31. The average molecular weight is 622 g/mol. The van der Waals surface area contributed by atoms with Crippen LogP contribution in [0, 0.1) is 0 Å². The van der Waals surface area contributed by atoms with Gasteiger partial charge in [-0.2, -0.15) is 0 Å². The molecule has 0 unspecified atom stereocenters. The summed E-state index contributed by atoms with van der Waals surface area (Å²) < 4.78 is 11.0. The minimum atomic E-state index is -0.111. The molecule has 0 atom stereocenters. The summed E-state index contributed by atoms with van der Waals surface area (Å²) in [6, 6.07) is 13.9. The number of piperazine rings is 1. The normalized spacial score (nSPS) is 15.6. The van der Waals surface area contributed by atoms with Gasteiger partial charge in [0.05, 0.1) is 31.6 Å². The zero-order chi connectivity index (χ0) is 31.7. The van der Waals surface area contributed by atoms with Crippen molar-refractivity contribution in [2.45, 2.75) is 71.1 Å². The fraction of sp³-hybridized carbons (Fsp3) is 0.611. The van der Waals surface area contributed by atoms with Crippen LogP contribution in [0.15, 0.2) is 42.5 Å². The van der Waals surface area contributed by atoms with E-state index >= 15 is 0 Å². The largest absolute Gasteiger partial charge is 0.495 e. The van der Waals surface area contributed by atoms with Crippen molar-refractivity contribution >= 4 is 28.9 Å². The molecule has 2 aromatic rings. The number of carbonyl (C=O) groups is 2. The van der Waals surface area contributed by atoms with E-state index in [9.17, 15) is 9.59 Å². The maximum absolute atomic E-state index is 13.6. The first kappa shape index (κ1) is 34.6. The lowest BCUT2D eigenvalue weighted by atomic mass is 10.1. The van der Waals surface area contributed by atoms with Gasteiger partial charge in [0.15, 0.2) is 0 Å². The Kier molecular flexibility index (Phi) is 14.8. The van der Waals surface area contributed by atoms with Crippen molar-refractivity contribution in [1.82, 2.24) is 10.2 Å². The molecule has 0 aliphatic carbocycles. The highest BCUT2D eigenvalue weighted by atomic mass is 16.5. The number of carbonyl (C=O) groups excluding carboxylic acids is 2. The number of rotatable bonds is 18. The number of morpholine rings is 1. The minimum absolute atomic E-state index is 0.00907. The van der Waals surface area contributed by atoms with Crippen LogP contribution in [0.2, 0.25) is 0 Å². The van der Waals surface area contributed by atoms with Crippen LogP contribution >= 0.6 is 0 Å². The maximum atomic E-state index is 13.6. The summed E-state index contributed by atoms with van der Waals surface area (Å²) in [5.74, 6) is 0.768. The number of benzene rings is 2. The van der Waals surface area contributed by atoms with Gasteiger partial charge in [0.1, 0.15) is 5.75 Å². The van der Waals surface area contributed by atoms with Gasteiger partial charge in [-0.25, -0.2) is 0 Å². The van der Waals surface area contributed by atoms with Gasteiger partial charge < -0.3 is 29.9 Å². The molecule has 2 fully saturated rings. The summed E-state index contributed by atoms with van der Waals surface area (Å²) in [6.07, 6.45) is 11.5. The Morgan fingerprint density at radius 3 is 2.13 bits per heavy atom. The third-order valence-corrected chi connectivity index (χ3v) is 8.90. The number of anilines is 3. The summed E-state index contributed by atoms with van der Waals surface area (Å²) in [5, 5.41) is 6.20. The van der Waals surface area contributed by atoms with E-state index in [0.29, 0.717) is 24.2 Å². The van der Waals surface area contributed by atoms with Gasteiger partial charge in [-0.05, 0) is 36.8 Å². The lowest BCUT2D eigenvalue weighted by molar-refractivity contribution is -0.116. The molecule has 4 rings (SSSR count). The number of para-hydroxylation sites is 2. The van der Waals surface area contributed by atoms with E-state index in [0.717, 1.165) is 89.0 Å². The van der Waals surface area contributed by atoms with E-state index in [1.165, 1.54) is 44.9 Å². The SMILES string of the molecule is CCCCCCCCCCCC(=O)Nc1ccc(N2CCN(c3ccccc3OC)CC2)c(C(=O)NCCN2CCOCC2)c1. The quantitative estimate of drug-likeness (QED) is 0.199. The Bertz CT molecular complexity index is 1180. The van der Waals surface area contributed by atoms with Gasteiger partial charge in [0.2, 0.25) is 5.91 Å². The molecule has 2 saturated heterocycles. The monoisotopic (exact) mass is 621 g/mol. The van der Waals surface area contributed by atoms with Crippen molar-refractivity contribution in [3.63, 3.8) is 0 Å². The molecule has 0 bridgehead atoms. The Morgan fingerprint density at radius 1 is 0.800 bits per heavy atom. The smallest absolute Gasteiger partial charge is 0.253 e. The standard InChI is InChI=1S/C36H55N5O4/c1-3-4-5-6-7-8-9-10-11-16-35(42)38-30-17-18-32(31(29-30)36(43)37-19-20-39-25-27-45-28-26-39)40-21-23-41(24-22-40)33-14-12-13-15-34(33)44-2/h12-15,17-18,29H,3-11,16,19-28H2,1-2H3,(H,37,43)(H,38,42). The molecule has 2 aliphatic rings. The van der Waals surface area contributed by atoms with Crippen molar-refractivity contribution < 1.29 is 19.1 Å². The third-order valence-electron chi connectivity index (χ3n) is 8.90. The first-order valence-corrected chi connectivity index (χ1v) is 17.2. The Labute approximate surface area is 270 Å². The van der Waals surface area contributed by atoms with Crippen molar-refractivity contribution in [3.05, 3.63) is 48.0 Å². The van der Waals surface area contributed by atoms with Crippen molar-refractivity contribution in [3.8, 4) is 5.75 Å². The van der Waals surface area contributed by atoms with Gasteiger partial charge in [-0.15, -0.1) is 0 Å². The Morgan fingerprint density at radius 2 is 1.44 bits per heavy atom. The van der Waals surface area contributed by atoms with E-state index in [-0.39, 0.29) is 11.8 Å². The number of nitrogens with zero attached hydrogens (tertiary/aromatic N) is 3. The predicted molar refractivity (Wildman–Crippen MR) is 184 cm³/mol. The summed E-state index contributed by atoms with van der Waals surface area (Å²) in [4.78, 5) is 33.3. The van der Waals surface area contributed by atoms with E-state index < -0.39 is 0 Å². The Balaban J connectivity index is 1.34. The molecule has 2 aliphatic heterocycles. The second-order valence-electron chi connectivity index (χ2n) is 12.2. The van der Waals surface area contributed by atoms with Crippen LogP contribution in [-0.4, -0.2) is 89.4 Å². The van der Waals surface area contributed by atoms with Crippen LogP contribution in [0.25, 0.3) is 0 Å². The Hall–Kier alpha value is -3.30. The first-order valence-electron chi connectivity index (χ1n) is 17.2.